The summed E-state index contributed by atoms with van der Waals surface area (Å²) in [5.41, 5.74) is -0.371. The first-order chi connectivity index (χ1) is 7.29. The first-order valence-electron chi connectivity index (χ1n) is 4.04. The Balaban J connectivity index is 3.08. The van der Waals surface area contributed by atoms with E-state index in [0.29, 0.717) is 0 Å². The van der Waals surface area contributed by atoms with E-state index in [1.54, 1.807) is 0 Å². The lowest BCUT2D eigenvalue weighted by molar-refractivity contribution is -0.275. The van der Waals surface area contributed by atoms with Crippen LogP contribution in [0.2, 0.25) is 0 Å². The Bertz CT molecular complexity index is 400. The number of aliphatic carboxylic acids is 1. The number of hydrogen-bond donors (Lipinski definition) is 1. The molecule has 3 nitrogen and oxygen atoms in total. The minimum atomic E-state index is -5.06. The van der Waals surface area contributed by atoms with Gasteiger partial charge in [-0.25, -0.2) is 4.39 Å². The fraction of sp³-hybridized carbons (Fsp3) is 0.222. The molecule has 0 aliphatic rings. The van der Waals surface area contributed by atoms with Gasteiger partial charge >= 0.3 is 12.3 Å². The monoisotopic (exact) mass is 238 g/mol. The molecule has 0 saturated heterocycles. The molecule has 1 rings (SSSR count). The van der Waals surface area contributed by atoms with Crippen LogP contribution in [-0.4, -0.2) is 17.4 Å². The van der Waals surface area contributed by atoms with Crippen molar-refractivity contribution in [3.05, 3.63) is 29.6 Å². The van der Waals surface area contributed by atoms with E-state index in [-0.39, 0.29) is 5.56 Å². The van der Waals surface area contributed by atoms with Crippen molar-refractivity contribution >= 4 is 5.97 Å². The van der Waals surface area contributed by atoms with Crippen LogP contribution in [0.5, 0.6) is 5.75 Å². The fourth-order valence-corrected chi connectivity index (χ4v) is 1.09. The minimum absolute atomic E-state index is 0.371. The van der Waals surface area contributed by atoms with Gasteiger partial charge < -0.3 is 9.84 Å². The molecule has 0 unspecified atom stereocenters. The number of para-hydroxylation sites is 1. The maximum atomic E-state index is 13.0. The second-order valence-corrected chi connectivity index (χ2v) is 2.85. The number of carboxylic acid groups (broad SMARTS) is 1. The Morgan fingerprint density at radius 3 is 2.50 bits per heavy atom. The third kappa shape index (κ3) is 3.41. The molecular weight excluding hydrogens is 232 g/mol. The molecule has 0 heterocycles. The number of ether oxygens (including phenoxy) is 1. The minimum Gasteiger partial charge on any atom is -0.481 e. The van der Waals surface area contributed by atoms with Crippen molar-refractivity contribution in [1.29, 1.82) is 0 Å². The Kier molecular flexibility index (Phi) is 3.36. The van der Waals surface area contributed by atoms with Crippen LogP contribution < -0.4 is 4.74 Å². The molecule has 0 amide bonds. The van der Waals surface area contributed by atoms with Crippen LogP contribution in [0.15, 0.2) is 18.2 Å². The summed E-state index contributed by atoms with van der Waals surface area (Å²) in [5, 5.41) is 8.42. The van der Waals surface area contributed by atoms with Gasteiger partial charge in [-0.3, -0.25) is 4.79 Å². The summed E-state index contributed by atoms with van der Waals surface area (Å²) in [6.45, 7) is 0. The molecule has 0 atom stereocenters. The highest BCUT2D eigenvalue weighted by Gasteiger charge is 2.33. The second-order valence-electron chi connectivity index (χ2n) is 2.85. The molecule has 16 heavy (non-hydrogen) atoms. The highest BCUT2D eigenvalue weighted by Crippen LogP contribution is 2.29. The Morgan fingerprint density at radius 1 is 1.38 bits per heavy atom. The van der Waals surface area contributed by atoms with Crippen LogP contribution in [0, 0.1) is 5.82 Å². The van der Waals surface area contributed by atoms with Gasteiger partial charge in [0.2, 0.25) is 0 Å². The Labute approximate surface area is 87.3 Å². The molecule has 0 bridgehead atoms. The smallest absolute Gasteiger partial charge is 0.481 e. The van der Waals surface area contributed by atoms with Crippen molar-refractivity contribution in [2.45, 2.75) is 12.8 Å². The van der Waals surface area contributed by atoms with E-state index in [9.17, 15) is 22.4 Å². The van der Waals surface area contributed by atoms with Gasteiger partial charge in [-0.05, 0) is 6.07 Å². The number of benzene rings is 1. The van der Waals surface area contributed by atoms with Crippen molar-refractivity contribution in [3.63, 3.8) is 0 Å². The molecule has 1 aromatic rings. The number of alkyl halides is 3. The maximum Gasteiger partial charge on any atom is 0.573 e. The average Bonchev–Trinajstić information content (AvgIpc) is 2.08. The highest BCUT2D eigenvalue weighted by atomic mass is 19.4. The molecule has 0 aliphatic carbocycles. The van der Waals surface area contributed by atoms with E-state index in [0.717, 1.165) is 18.2 Å². The molecule has 88 valence electrons. The van der Waals surface area contributed by atoms with Crippen LogP contribution in [0.4, 0.5) is 17.6 Å². The molecule has 1 aromatic carbocycles. The van der Waals surface area contributed by atoms with Crippen molar-refractivity contribution in [2.75, 3.05) is 0 Å². The first-order valence-corrected chi connectivity index (χ1v) is 4.04. The Hall–Kier alpha value is -1.79. The van der Waals surface area contributed by atoms with Gasteiger partial charge in [0, 0.05) is 5.56 Å². The van der Waals surface area contributed by atoms with Crippen LogP contribution in [0.25, 0.3) is 0 Å². The molecular formula is C9H6F4O3. The predicted molar refractivity (Wildman–Crippen MR) is 44.4 cm³/mol. The summed E-state index contributed by atoms with van der Waals surface area (Å²) < 4.78 is 52.1. The largest absolute Gasteiger partial charge is 0.573 e. The lowest BCUT2D eigenvalue weighted by Gasteiger charge is -2.12. The lowest BCUT2D eigenvalue weighted by Crippen LogP contribution is -2.19. The third-order valence-corrected chi connectivity index (χ3v) is 1.61. The van der Waals surface area contributed by atoms with Crippen molar-refractivity contribution in [3.8, 4) is 5.75 Å². The van der Waals surface area contributed by atoms with Crippen LogP contribution in [-0.2, 0) is 11.2 Å². The topological polar surface area (TPSA) is 46.5 Å². The zero-order valence-electron chi connectivity index (χ0n) is 7.71. The van der Waals surface area contributed by atoms with Crippen LogP contribution >= 0.6 is 0 Å². The molecule has 0 fully saturated rings. The second kappa shape index (κ2) is 4.38. The van der Waals surface area contributed by atoms with Gasteiger partial charge in [0.15, 0.2) is 11.6 Å². The van der Waals surface area contributed by atoms with Crippen molar-refractivity contribution in [2.24, 2.45) is 0 Å². The van der Waals surface area contributed by atoms with Gasteiger partial charge in [0.25, 0.3) is 0 Å². The maximum absolute atomic E-state index is 13.0. The summed E-state index contributed by atoms with van der Waals surface area (Å²) in [4.78, 5) is 10.3. The Morgan fingerprint density at radius 2 is 2.00 bits per heavy atom. The molecule has 7 heteroatoms. The quantitative estimate of drug-likeness (QED) is 0.822. The van der Waals surface area contributed by atoms with E-state index in [1.807, 2.05) is 0 Å². The zero-order valence-corrected chi connectivity index (χ0v) is 7.71. The highest BCUT2D eigenvalue weighted by molar-refractivity contribution is 5.71. The number of carbonyl (C=O) groups is 1. The normalized spacial score (nSPS) is 11.2. The molecule has 1 N–H and O–H groups in total. The van der Waals surface area contributed by atoms with E-state index < -0.39 is 30.3 Å². The van der Waals surface area contributed by atoms with Crippen molar-refractivity contribution in [1.82, 2.24) is 0 Å². The van der Waals surface area contributed by atoms with Crippen molar-refractivity contribution < 1.29 is 32.2 Å². The molecule has 0 saturated carbocycles. The van der Waals surface area contributed by atoms with Gasteiger partial charge in [-0.15, -0.1) is 13.2 Å². The number of hydrogen-bond acceptors (Lipinski definition) is 2. The summed E-state index contributed by atoms with van der Waals surface area (Å²) in [6, 6.07) is 2.92. The van der Waals surface area contributed by atoms with Gasteiger partial charge in [0.05, 0.1) is 6.42 Å². The lowest BCUT2D eigenvalue weighted by atomic mass is 10.1. The number of halogens is 4. The van der Waals surface area contributed by atoms with E-state index >= 15 is 0 Å². The molecule has 0 aromatic heterocycles. The van der Waals surface area contributed by atoms with E-state index in [4.69, 9.17) is 5.11 Å². The fourth-order valence-electron chi connectivity index (χ4n) is 1.09. The summed E-state index contributed by atoms with van der Waals surface area (Å²) in [6.07, 6.45) is -5.81. The molecule has 0 radical (unpaired) electrons. The number of rotatable bonds is 3. The van der Waals surface area contributed by atoms with E-state index in [1.165, 1.54) is 0 Å². The summed E-state index contributed by atoms with van der Waals surface area (Å²) >= 11 is 0. The summed E-state index contributed by atoms with van der Waals surface area (Å²) in [7, 11) is 0. The van der Waals surface area contributed by atoms with Gasteiger partial charge in [-0.2, -0.15) is 0 Å². The SMILES string of the molecule is O=C(O)Cc1cccc(F)c1OC(F)(F)F. The zero-order chi connectivity index (χ0) is 12.3. The first kappa shape index (κ1) is 12.3. The third-order valence-electron chi connectivity index (χ3n) is 1.61. The molecule has 0 aliphatic heterocycles. The molecule has 0 spiro atoms. The van der Waals surface area contributed by atoms with Crippen LogP contribution in [0.1, 0.15) is 5.56 Å². The van der Waals surface area contributed by atoms with E-state index in [2.05, 4.69) is 4.74 Å². The van der Waals surface area contributed by atoms with Gasteiger partial charge in [-0.1, -0.05) is 12.1 Å². The number of carboxylic acids is 1. The van der Waals surface area contributed by atoms with Gasteiger partial charge in [0.1, 0.15) is 0 Å². The summed E-state index contributed by atoms with van der Waals surface area (Å²) in [5.74, 6) is -3.73. The van der Waals surface area contributed by atoms with Crippen LogP contribution in [0.3, 0.4) is 0 Å². The average molecular weight is 238 g/mol. The predicted octanol–water partition coefficient (Wildman–Crippen LogP) is 2.35. The standard InChI is InChI=1S/C9H6F4O3/c10-6-3-1-2-5(4-7(14)15)8(6)16-9(11,12)13/h1-3H,4H2,(H,14,15).